The Balaban J connectivity index is 2.06. The van der Waals surface area contributed by atoms with Crippen molar-refractivity contribution in [1.82, 2.24) is 0 Å². The second-order valence-corrected chi connectivity index (χ2v) is 5.15. The van der Waals surface area contributed by atoms with E-state index in [4.69, 9.17) is 4.74 Å². The van der Waals surface area contributed by atoms with Crippen molar-refractivity contribution in [1.29, 1.82) is 0 Å². The van der Waals surface area contributed by atoms with E-state index in [-0.39, 0.29) is 10.6 Å². The van der Waals surface area contributed by atoms with E-state index in [9.17, 15) is 10.1 Å². The summed E-state index contributed by atoms with van der Waals surface area (Å²) in [6.45, 7) is 6.24. The smallest absolute Gasteiger partial charge is 0.274 e. The van der Waals surface area contributed by atoms with Crippen LogP contribution in [0.2, 0.25) is 0 Å². The Bertz CT molecular complexity index is 468. The van der Waals surface area contributed by atoms with E-state index in [1.54, 1.807) is 13.0 Å². The number of nitro benzene ring substituents is 1. The Morgan fingerprint density at radius 1 is 1.32 bits per heavy atom. The molecule has 0 bridgehead atoms. The fourth-order valence-corrected chi connectivity index (χ4v) is 2.43. The van der Waals surface area contributed by atoms with Gasteiger partial charge in [-0.3, -0.25) is 10.1 Å². The van der Waals surface area contributed by atoms with Crippen molar-refractivity contribution in [2.75, 3.05) is 25.1 Å². The van der Waals surface area contributed by atoms with Crippen LogP contribution < -0.4 is 5.32 Å². The summed E-state index contributed by atoms with van der Waals surface area (Å²) in [5.41, 5.74) is 2.80. The predicted octanol–water partition coefficient (Wildman–Crippen LogP) is 3.05. The van der Waals surface area contributed by atoms with Crippen molar-refractivity contribution in [3.8, 4) is 0 Å². The average Bonchev–Trinajstić information content (AvgIpc) is 2.38. The molecule has 0 spiro atoms. The van der Waals surface area contributed by atoms with E-state index in [1.807, 2.05) is 13.0 Å². The highest BCUT2D eigenvalue weighted by molar-refractivity contribution is 5.60. The van der Waals surface area contributed by atoms with Crippen LogP contribution in [0.15, 0.2) is 12.1 Å². The van der Waals surface area contributed by atoms with Crippen LogP contribution in [0, 0.1) is 29.9 Å². The Kier molecular flexibility index (Phi) is 4.37. The molecule has 0 saturated carbocycles. The number of anilines is 1. The Labute approximate surface area is 113 Å². The lowest BCUT2D eigenvalue weighted by Gasteiger charge is -2.23. The van der Waals surface area contributed by atoms with Gasteiger partial charge in [0.15, 0.2) is 0 Å². The van der Waals surface area contributed by atoms with Crippen LogP contribution >= 0.6 is 0 Å². The number of nitrogens with zero attached hydrogens (tertiary/aromatic N) is 1. The SMILES string of the molecule is Cc1cc(C)c([N+](=O)[O-])cc1NCC1CCOCC1. The average molecular weight is 264 g/mol. The molecule has 0 amide bonds. The minimum atomic E-state index is -0.325. The van der Waals surface area contributed by atoms with Crippen LogP contribution in [0.4, 0.5) is 11.4 Å². The van der Waals surface area contributed by atoms with Gasteiger partial charge in [-0.25, -0.2) is 0 Å². The predicted molar refractivity (Wildman–Crippen MR) is 74.6 cm³/mol. The molecular weight excluding hydrogens is 244 g/mol. The summed E-state index contributed by atoms with van der Waals surface area (Å²) in [6.07, 6.45) is 2.11. The molecule has 1 heterocycles. The van der Waals surface area contributed by atoms with Crippen molar-refractivity contribution in [2.24, 2.45) is 5.92 Å². The lowest BCUT2D eigenvalue weighted by Crippen LogP contribution is -2.22. The summed E-state index contributed by atoms with van der Waals surface area (Å²) in [4.78, 5) is 10.6. The normalized spacial score (nSPS) is 16.3. The lowest BCUT2D eigenvalue weighted by atomic mass is 10.00. The van der Waals surface area contributed by atoms with E-state index in [2.05, 4.69) is 5.32 Å². The van der Waals surface area contributed by atoms with Gasteiger partial charge < -0.3 is 10.1 Å². The molecular formula is C14H20N2O3. The number of benzene rings is 1. The summed E-state index contributed by atoms with van der Waals surface area (Å²) >= 11 is 0. The number of rotatable bonds is 4. The van der Waals surface area contributed by atoms with E-state index >= 15 is 0 Å². The van der Waals surface area contributed by atoms with E-state index in [1.165, 1.54) is 0 Å². The number of hydrogen-bond donors (Lipinski definition) is 1. The van der Waals surface area contributed by atoms with Gasteiger partial charge in [0.05, 0.1) is 4.92 Å². The third kappa shape index (κ3) is 3.44. The zero-order valence-corrected chi connectivity index (χ0v) is 11.4. The summed E-state index contributed by atoms with van der Waals surface area (Å²) in [5.74, 6) is 0.591. The second-order valence-electron chi connectivity index (χ2n) is 5.15. The molecule has 1 aromatic carbocycles. The first-order chi connectivity index (χ1) is 9.08. The Morgan fingerprint density at radius 3 is 2.63 bits per heavy atom. The van der Waals surface area contributed by atoms with Crippen molar-refractivity contribution in [2.45, 2.75) is 26.7 Å². The van der Waals surface area contributed by atoms with Crippen LogP contribution in [0.25, 0.3) is 0 Å². The third-order valence-electron chi connectivity index (χ3n) is 3.66. The molecule has 1 N–H and O–H groups in total. The molecule has 1 aliphatic heterocycles. The Hall–Kier alpha value is -1.62. The summed E-state index contributed by atoms with van der Waals surface area (Å²) < 4.78 is 5.32. The number of nitrogens with one attached hydrogen (secondary N) is 1. The summed E-state index contributed by atoms with van der Waals surface area (Å²) in [5, 5.41) is 14.3. The van der Waals surface area contributed by atoms with Crippen LogP contribution in [0.5, 0.6) is 0 Å². The highest BCUT2D eigenvalue weighted by atomic mass is 16.6. The number of hydrogen-bond acceptors (Lipinski definition) is 4. The molecule has 1 aliphatic rings. The Morgan fingerprint density at radius 2 is 2.00 bits per heavy atom. The minimum Gasteiger partial charge on any atom is -0.384 e. The summed E-state index contributed by atoms with van der Waals surface area (Å²) in [7, 11) is 0. The molecule has 1 aromatic rings. The van der Waals surface area contributed by atoms with E-state index < -0.39 is 0 Å². The van der Waals surface area contributed by atoms with Gasteiger partial charge in [0.2, 0.25) is 0 Å². The monoisotopic (exact) mass is 264 g/mol. The van der Waals surface area contributed by atoms with Crippen molar-refractivity contribution in [3.05, 3.63) is 33.4 Å². The zero-order chi connectivity index (χ0) is 13.8. The van der Waals surface area contributed by atoms with Gasteiger partial charge in [0.1, 0.15) is 0 Å². The maximum Gasteiger partial charge on any atom is 0.274 e. The number of nitro groups is 1. The highest BCUT2D eigenvalue weighted by Crippen LogP contribution is 2.27. The van der Waals surface area contributed by atoms with Gasteiger partial charge in [0.25, 0.3) is 5.69 Å². The van der Waals surface area contributed by atoms with Crippen LogP contribution in [0.1, 0.15) is 24.0 Å². The van der Waals surface area contributed by atoms with Crippen molar-refractivity contribution >= 4 is 11.4 Å². The van der Waals surface area contributed by atoms with E-state index in [0.717, 1.165) is 43.9 Å². The maximum atomic E-state index is 11.0. The molecule has 0 unspecified atom stereocenters. The third-order valence-corrected chi connectivity index (χ3v) is 3.66. The molecule has 2 rings (SSSR count). The minimum absolute atomic E-state index is 0.181. The largest absolute Gasteiger partial charge is 0.384 e. The topological polar surface area (TPSA) is 64.4 Å². The molecule has 0 radical (unpaired) electrons. The van der Waals surface area contributed by atoms with Crippen molar-refractivity contribution in [3.63, 3.8) is 0 Å². The van der Waals surface area contributed by atoms with Gasteiger partial charge in [-0.1, -0.05) is 0 Å². The highest BCUT2D eigenvalue weighted by Gasteiger charge is 2.16. The molecule has 1 saturated heterocycles. The quantitative estimate of drug-likeness (QED) is 0.670. The van der Waals surface area contributed by atoms with Crippen LogP contribution in [-0.2, 0) is 4.74 Å². The van der Waals surface area contributed by atoms with Gasteiger partial charge in [0, 0.05) is 37.1 Å². The van der Waals surface area contributed by atoms with Gasteiger partial charge >= 0.3 is 0 Å². The first-order valence-corrected chi connectivity index (χ1v) is 6.65. The molecule has 5 heteroatoms. The fraction of sp³-hybridized carbons (Fsp3) is 0.571. The molecule has 0 aromatic heterocycles. The first kappa shape index (κ1) is 13.8. The molecule has 0 aliphatic carbocycles. The van der Waals surface area contributed by atoms with Crippen LogP contribution in [-0.4, -0.2) is 24.7 Å². The standard InChI is InChI=1S/C14H20N2O3/c1-10-7-11(2)14(16(17)18)8-13(10)15-9-12-3-5-19-6-4-12/h7-8,12,15H,3-6,9H2,1-2H3. The number of ether oxygens (including phenoxy) is 1. The molecule has 19 heavy (non-hydrogen) atoms. The lowest BCUT2D eigenvalue weighted by molar-refractivity contribution is -0.385. The second kappa shape index (κ2) is 6.02. The first-order valence-electron chi connectivity index (χ1n) is 6.65. The summed E-state index contributed by atoms with van der Waals surface area (Å²) in [6, 6.07) is 3.51. The van der Waals surface area contributed by atoms with Gasteiger partial charge in [-0.15, -0.1) is 0 Å². The molecule has 5 nitrogen and oxygen atoms in total. The van der Waals surface area contributed by atoms with Gasteiger partial charge in [-0.2, -0.15) is 0 Å². The maximum absolute atomic E-state index is 11.0. The van der Waals surface area contributed by atoms with Crippen molar-refractivity contribution < 1.29 is 9.66 Å². The van der Waals surface area contributed by atoms with E-state index in [0.29, 0.717) is 11.5 Å². The molecule has 0 atom stereocenters. The zero-order valence-electron chi connectivity index (χ0n) is 11.4. The van der Waals surface area contributed by atoms with Gasteiger partial charge in [-0.05, 0) is 44.2 Å². The number of aryl methyl sites for hydroxylation is 2. The van der Waals surface area contributed by atoms with Crippen LogP contribution in [0.3, 0.4) is 0 Å². The molecule has 1 fully saturated rings. The fourth-order valence-electron chi connectivity index (χ4n) is 2.43. The molecule has 104 valence electrons.